The van der Waals surface area contributed by atoms with E-state index in [4.69, 9.17) is 24.3 Å². The number of nitrogen functional groups attached to an aromatic ring is 1. The third-order valence-electron chi connectivity index (χ3n) is 5.91. The number of rotatable bonds is 10. The second kappa shape index (κ2) is 14.4. The number of benzene rings is 2. The molecule has 5 rings (SSSR count). The summed E-state index contributed by atoms with van der Waals surface area (Å²) in [6, 6.07) is 13.5. The van der Waals surface area contributed by atoms with Crippen LogP contribution in [0.15, 0.2) is 55.1 Å². The van der Waals surface area contributed by atoms with E-state index in [0.29, 0.717) is 23.3 Å². The van der Waals surface area contributed by atoms with Crippen molar-refractivity contribution in [3.63, 3.8) is 0 Å². The van der Waals surface area contributed by atoms with Crippen molar-refractivity contribution in [2.75, 3.05) is 25.8 Å². The van der Waals surface area contributed by atoms with Crippen LogP contribution in [0.3, 0.4) is 0 Å². The van der Waals surface area contributed by atoms with Crippen LogP contribution >= 0.6 is 8.53 Å². The molecule has 15 heteroatoms. The first-order valence-electron chi connectivity index (χ1n) is 12.7. The van der Waals surface area contributed by atoms with Gasteiger partial charge in [0.15, 0.2) is 11.5 Å². The summed E-state index contributed by atoms with van der Waals surface area (Å²) in [6.45, 7) is 1.73. The number of nitrogens with two attached hydrogens (primary N) is 1. The molecule has 1 aliphatic rings. The van der Waals surface area contributed by atoms with Crippen LogP contribution in [-0.4, -0.2) is 69.0 Å². The summed E-state index contributed by atoms with van der Waals surface area (Å²) in [4.78, 5) is 24.6. The number of carbonyl (C=O) groups is 1. The molecule has 4 aromatic rings. The van der Waals surface area contributed by atoms with E-state index in [-0.39, 0.29) is 25.1 Å². The molecule has 0 bridgehead atoms. The van der Waals surface area contributed by atoms with Crippen molar-refractivity contribution in [3.05, 3.63) is 55.1 Å². The van der Waals surface area contributed by atoms with E-state index in [1.165, 1.54) is 6.33 Å². The maximum Gasteiger partial charge on any atom is 0.320 e. The number of nitrogens with one attached hydrogen (secondary N) is 1. The van der Waals surface area contributed by atoms with Gasteiger partial charge in [-0.3, -0.25) is 9.36 Å². The molecule has 1 saturated heterocycles. The summed E-state index contributed by atoms with van der Waals surface area (Å²) >= 11 is 0. The van der Waals surface area contributed by atoms with E-state index >= 15 is 0 Å². The number of aliphatic hydroxyl groups is 1. The molecule has 2 aromatic heterocycles. The van der Waals surface area contributed by atoms with Crippen LogP contribution in [0.1, 0.15) is 26.5 Å². The highest BCUT2D eigenvalue weighted by Crippen LogP contribution is 2.40. The average Bonchev–Trinajstić information content (AvgIpc) is 3.54. The Hall–Kier alpha value is -3.55. The SMILES string of the molecule is CC(C)OC(=O)CNP(OCC1OC(n2cnc3c(N)ncnc32)CC1O)Oc1cccc2ccccc12.FCF. The Morgan fingerprint density at radius 3 is 2.76 bits per heavy atom. The van der Waals surface area contributed by atoms with E-state index < -0.39 is 39.9 Å². The number of hydrogen-bond donors (Lipinski definition) is 3. The molecule has 4 N–H and O–H groups in total. The van der Waals surface area contributed by atoms with Gasteiger partial charge in [0, 0.05) is 11.8 Å². The number of imidazole rings is 1. The summed E-state index contributed by atoms with van der Waals surface area (Å²) in [5.41, 5.74) is 6.87. The number of esters is 1. The summed E-state index contributed by atoms with van der Waals surface area (Å²) in [6.07, 6.45) is 1.01. The van der Waals surface area contributed by atoms with Gasteiger partial charge in [-0.05, 0) is 25.3 Å². The van der Waals surface area contributed by atoms with Crippen LogP contribution in [0.2, 0.25) is 0 Å². The van der Waals surface area contributed by atoms with Gasteiger partial charge in [0.2, 0.25) is 6.93 Å². The predicted octanol–water partition coefficient (Wildman–Crippen LogP) is 3.96. The number of fused-ring (bicyclic) bond motifs is 2. The Morgan fingerprint density at radius 2 is 1.98 bits per heavy atom. The van der Waals surface area contributed by atoms with Gasteiger partial charge in [-0.2, -0.15) is 0 Å². The number of halogens is 2. The predicted molar refractivity (Wildman–Crippen MR) is 148 cm³/mol. The van der Waals surface area contributed by atoms with Crippen LogP contribution in [0.25, 0.3) is 21.9 Å². The molecule has 0 radical (unpaired) electrons. The van der Waals surface area contributed by atoms with Gasteiger partial charge in [-0.15, -0.1) is 0 Å². The molecule has 0 amide bonds. The highest BCUT2D eigenvalue weighted by atomic mass is 31.2. The van der Waals surface area contributed by atoms with E-state index in [1.54, 1.807) is 24.7 Å². The second-order valence-corrected chi connectivity index (χ2v) is 10.4. The standard InChI is InChI=1S/C25H29N6O6P.CH2F2/c1-15(2)35-22(33)11-30-38(37-19-9-5-7-16-6-3-4-8-17(16)19)34-12-20-18(32)10-21(36-20)31-14-29-23-24(26)27-13-28-25(23)31;2-1-3/h3-9,13-15,18,20-21,30,32H,10-12H2,1-2H3,(H2,26,27,28);1H2. The summed E-state index contributed by atoms with van der Waals surface area (Å²) in [5, 5.41) is 15.6. The van der Waals surface area contributed by atoms with Crippen molar-refractivity contribution >= 4 is 42.2 Å². The van der Waals surface area contributed by atoms with Gasteiger partial charge in [-0.25, -0.2) is 28.8 Å². The van der Waals surface area contributed by atoms with Gasteiger partial charge in [-0.1, -0.05) is 36.4 Å². The fourth-order valence-corrected chi connectivity index (χ4v) is 5.25. The Labute approximate surface area is 235 Å². The van der Waals surface area contributed by atoms with Gasteiger partial charge in [0.05, 0.1) is 25.1 Å². The van der Waals surface area contributed by atoms with Crippen LogP contribution in [-0.2, 0) is 18.8 Å². The molecule has 0 aliphatic carbocycles. The number of anilines is 1. The van der Waals surface area contributed by atoms with E-state index in [2.05, 4.69) is 20.0 Å². The lowest BCUT2D eigenvalue weighted by Gasteiger charge is -2.22. The molecule has 4 unspecified atom stereocenters. The number of aliphatic hydroxyl groups excluding tert-OH is 1. The summed E-state index contributed by atoms with van der Waals surface area (Å²) < 4.78 is 44.5. The fourth-order valence-electron chi connectivity index (χ4n) is 4.16. The number of carbonyl (C=O) groups excluding carboxylic acids is 1. The molecule has 220 valence electrons. The number of alkyl halides is 2. The van der Waals surface area contributed by atoms with Crippen molar-refractivity contribution in [2.45, 2.75) is 44.8 Å². The number of hydrogen-bond acceptors (Lipinski definition) is 11. The zero-order chi connectivity index (χ0) is 29.4. The summed E-state index contributed by atoms with van der Waals surface area (Å²) in [7, 11) is -1.79. The topological polar surface area (TPSA) is 156 Å². The van der Waals surface area contributed by atoms with Crippen LogP contribution < -0.4 is 15.3 Å². The lowest BCUT2D eigenvalue weighted by molar-refractivity contribution is -0.145. The zero-order valence-electron chi connectivity index (χ0n) is 22.4. The van der Waals surface area contributed by atoms with Crippen molar-refractivity contribution in [1.29, 1.82) is 0 Å². The molecular formula is C26H31F2N6O6P. The van der Waals surface area contributed by atoms with Crippen molar-refractivity contribution in [2.24, 2.45) is 0 Å². The highest BCUT2D eigenvalue weighted by Gasteiger charge is 2.37. The minimum absolute atomic E-state index is 0.0180. The molecule has 0 saturated carbocycles. The minimum Gasteiger partial charge on any atom is -0.462 e. The first-order chi connectivity index (χ1) is 19.8. The van der Waals surface area contributed by atoms with Gasteiger partial charge < -0.3 is 29.4 Å². The lowest BCUT2D eigenvalue weighted by atomic mass is 10.1. The Morgan fingerprint density at radius 1 is 1.22 bits per heavy atom. The second-order valence-electron chi connectivity index (χ2n) is 9.11. The number of ether oxygens (including phenoxy) is 2. The maximum atomic E-state index is 12.2. The Kier molecular flexibility index (Phi) is 10.7. The van der Waals surface area contributed by atoms with E-state index in [1.807, 2.05) is 42.5 Å². The average molecular weight is 593 g/mol. The molecule has 3 heterocycles. The van der Waals surface area contributed by atoms with E-state index in [9.17, 15) is 18.7 Å². The van der Waals surface area contributed by atoms with Gasteiger partial charge in [0.1, 0.15) is 36.5 Å². The molecular weight excluding hydrogens is 561 g/mol. The molecule has 0 spiro atoms. The Bertz CT molecular complexity index is 1440. The molecule has 1 fully saturated rings. The smallest absolute Gasteiger partial charge is 0.320 e. The third-order valence-corrected chi connectivity index (χ3v) is 7.07. The molecule has 41 heavy (non-hydrogen) atoms. The zero-order valence-corrected chi connectivity index (χ0v) is 23.3. The lowest BCUT2D eigenvalue weighted by Crippen LogP contribution is -2.29. The van der Waals surface area contributed by atoms with E-state index in [0.717, 1.165) is 10.8 Å². The monoisotopic (exact) mass is 592 g/mol. The molecule has 1 aliphatic heterocycles. The maximum absolute atomic E-state index is 12.2. The normalized spacial score (nSPS) is 19.2. The largest absolute Gasteiger partial charge is 0.462 e. The van der Waals surface area contributed by atoms with Crippen molar-refractivity contribution in [1.82, 2.24) is 24.6 Å². The molecule has 2 aromatic carbocycles. The first kappa shape index (κ1) is 30.4. The first-order valence-corrected chi connectivity index (χ1v) is 13.9. The van der Waals surface area contributed by atoms with Crippen LogP contribution in [0.5, 0.6) is 5.75 Å². The summed E-state index contributed by atoms with van der Waals surface area (Å²) in [5.74, 6) is 0.445. The Balaban J connectivity index is 0.00000124. The van der Waals surface area contributed by atoms with Crippen molar-refractivity contribution < 1.29 is 37.2 Å². The van der Waals surface area contributed by atoms with Crippen LogP contribution in [0, 0.1) is 0 Å². The quantitative estimate of drug-likeness (QED) is 0.181. The molecule has 12 nitrogen and oxygen atoms in total. The third kappa shape index (κ3) is 7.80. The number of nitrogens with zero attached hydrogens (tertiary/aromatic N) is 4. The van der Waals surface area contributed by atoms with Crippen molar-refractivity contribution in [3.8, 4) is 5.75 Å². The fraction of sp³-hybridized carbons (Fsp3) is 0.385. The highest BCUT2D eigenvalue weighted by molar-refractivity contribution is 7.45. The van der Waals surface area contributed by atoms with Crippen LogP contribution in [0.4, 0.5) is 14.6 Å². The molecule has 4 atom stereocenters. The van der Waals surface area contributed by atoms with Gasteiger partial charge in [0.25, 0.3) is 0 Å². The number of aromatic nitrogens is 4. The van der Waals surface area contributed by atoms with Gasteiger partial charge >= 0.3 is 14.5 Å². The minimum atomic E-state index is -1.79.